The Kier molecular flexibility index (Phi) is 9.10. The Balaban J connectivity index is 1.73. The van der Waals surface area contributed by atoms with E-state index in [1.807, 2.05) is 60.7 Å². The standard InChI is InChI=1S/C26H29ClN2O4S/c1-3-29(4-2)34(31,32)23-15-16-25(24(27)17-23)33-20-26(30)28(18-21-11-7-5-8-12-21)19-22-13-9-6-10-14-22/h5-17H,3-4,18-20H2,1-2H3. The number of carbonyl (C=O) groups is 1. The molecule has 0 bridgehead atoms. The molecule has 0 fully saturated rings. The Morgan fingerprint density at radius 2 is 1.38 bits per heavy atom. The van der Waals surface area contributed by atoms with Crippen molar-refractivity contribution in [3.8, 4) is 5.75 Å². The summed E-state index contributed by atoms with van der Waals surface area (Å²) in [5.41, 5.74) is 2.02. The number of nitrogens with zero attached hydrogens (tertiary/aromatic N) is 2. The second-order valence-electron chi connectivity index (χ2n) is 7.69. The fourth-order valence-corrected chi connectivity index (χ4v) is 5.33. The quantitative estimate of drug-likeness (QED) is 0.372. The van der Waals surface area contributed by atoms with Crippen LogP contribution in [-0.2, 0) is 27.9 Å². The van der Waals surface area contributed by atoms with Crippen LogP contribution >= 0.6 is 11.6 Å². The summed E-state index contributed by atoms with van der Waals surface area (Å²) in [5, 5.41) is 0.138. The Morgan fingerprint density at radius 1 is 0.853 bits per heavy atom. The smallest absolute Gasteiger partial charge is 0.261 e. The first-order chi connectivity index (χ1) is 16.3. The van der Waals surface area contributed by atoms with Crippen molar-refractivity contribution in [2.75, 3.05) is 19.7 Å². The van der Waals surface area contributed by atoms with Gasteiger partial charge in [0.15, 0.2) is 6.61 Å². The first kappa shape index (κ1) is 25.7. The lowest BCUT2D eigenvalue weighted by molar-refractivity contribution is -0.134. The minimum absolute atomic E-state index is 0.0923. The number of sulfonamides is 1. The molecule has 0 aliphatic rings. The predicted molar refractivity (Wildman–Crippen MR) is 134 cm³/mol. The van der Waals surface area contributed by atoms with Crippen molar-refractivity contribution in [1.29, 1.82) is 0 Å². The average Bonchev–Trinajstić information content (AvgIpc) is 2.84. The summed E-state index contributed by atoms with van der Waals surface area (Å²) in [6.45, 7) is 4.94. The molecular formula is C26H29ClN2O4S. The molecule has 0 atom stereocenters. The van der Waals surface area contributed by atoms with Crippen molar-refractivity contribution >= 4 is 27.5 Å². The maximum Gasteiger partial charge on any atom is 0.261 e. The normalized spacial score (nSPS) is 11.4. The van der Waals surface area contributed by atoms with Gasteiger partial charge in [0.1, 0.15) is 5.75 Å². The van der Waals surface area contributed by atoms with Gasteiger partial charge in [-0.05, 0) is 29.3 Å². The summed E-state index contributed by atoms with van der Waals surface area (Å²) in [6, 6.07) is 23.8. The average molecular weight is 501 g/mol. The fraction of sp³-hybridized carbons (Fsp3) is 0.269. The molecule has 0 aromatic heterocycles. The summed E-state index contributed by atoms with van der Waals surface area (Å²) in [7, 11) is -3.64. The van der Waals surface area contributed by atoms with Gasteiger partial charge in [-0.15, -0.1) is 0 Å². The van der Waals surface area contributed by atoms with E-state index in [0.29, 0.717) is 26.2 Å². The van der Waals surface area contributed by atoms with Gasteiger partial charge >= 0.3 is 0 Å². The summed E-state index contributed by atoms with van der Waals surface area (Å²) < 4.78 is 32.5. The monoisotopic (exact) mass is 500 g/mol. The fourth-order valence-electron chi connectivity index (χ4n) is 3.54. The van der Waals surface area contributed by atoms with Gasteiger partial charge < -0.3 is 9.64 Å². The summed E-state index contributed by atoms with van der Waals surface area (Å²) in [5.74, 6) is 0.0523. The van der Waals surface area contributed by atoms with Crippen LogP contribution in [-0.4, -0.2) is 43.2 Å². The van der Waals surface area contributed by atoms with Gasteiger partial charge in [-0.2, -0.15) is 4.31 Å². The van der Waals surface area contributed by atoms with E-state index in [9.17, 15) is 13.2 Å². The zero-order valence-electron chi connectivity index (χ0n) is 19.4. The number of hydrogen-bond acceptors (Lipinski definition) is 4. The van der Waals surface area contributed by atoms with E-state index in [-0.39, 0.29) is 28.2 Å². The summed E-state index contributed by atoms with van der Waals surface area (Å²) in [4.78, 5) is 14.9. The molecule has 8 heteroatoms. The Bertz CT molecular complexity index is 1140. The third kappa shape index (κ3) is 6.59. The Morgan fingerprint density at radius 3 is 1.85 bits per heavy atom. The highest BCUT2D eigenvalue weighted by Crippen LogP contribution is 2.29. The zero-order valence-corrected chi connectivity index (χ0v) is 20.9. The highest BCUT2D eigenvalue weighted by atomic mass is 35.5. The molecule has 180 valence electrons. The predicted octanol–water partition coefficient (Wildman–Crippen LogP) is 4.98. The molecule has 6 nitrogen and oxygen atoms in total. The molecule has 3 aromatic carbocycles. The largest absolute Gasteiger partial charge is 0.482 e. The number of benzene rings is 3. The molecule has 3 rings (SSSR count). The number of carbonyl (C=O) groups excluding carboxylic acids is 1. The number of hydrogen-bond donors (Lipinski definition) is 0. The van der Waals surface area contributed by atoms with Crippen molar-refractivity contribution in [2.24, 2.45) is 0 Å². The van der Waals surface area contributed by atoms with Crippen LogP contribution < -0.4 is 4.74 Å². The number of halogens is 1. The molecule has 1 amide bonds. The number of rotatable bonds is 11. The molecule has 0 saturated heterocycles. The van der Waals surface area contributed by atoms with Gasteiger partial charge in [0, 0.05) is 26.2 Å². The van der Waals surface area contributed by atoms with E-state index in [4.69, 9.17) is 16.3 Å². The second-order valence-corrected chi connectivity index (χ2v) is 10.0. The van der Waals surface area contributed by atoms with Crippen LogP contribution in [0.4, 0.5) is 0 Å². The van der Waals surface area contributed by atoms with E-state index >= 15 is 0 Å². The molecule has 0 saturated carbocycles. The lowest BCUT2D eigenvalue weighted by Crippen LogP contribution is -2.34. The minimum Gasteiger partial charge on any atom is -0.482 e. The number of amides is 1. The molecule has 0 spiro atoms. The molecule has 0 aliphatic carbocycles. The van der Waals surface area contributed by atoms with Gasteiger partial charge in [-0.1, -0.05) is 86.1 Å². The first-order valence-electron chi connectivity index (χ1n) is 11.1. The first-order valence-corrected chi connectivity index (χ1v) is 12.9. The van der Waals surface area contributed by atoms with Crippen molar-refractivity contribution in [3.63, 3.8) is 0 Å². The van der Waals surface area contributed by atoms with Crippen molar-refractivity contribution in [3.05, 3.63) is 95.0 Å². The maximum atomic E-state index is 13.1. The van der Waals surface area contributed by atoms with Crippen LogP contribution in [0.3, 0.4) is 0 Å². The Labute approximate surface area is 206 Å². The number of ether oxygens (including phenoxy) is 1. The molecule has 0 unspecified atom stereocenters. The summed E-state index contributed by atoms with van der Waals surface area (Å²) in [6.07, 6.45) is 0. The highest BCUT2D eigenvalue weighted by Gasteiger charge is 2.23. The van der Waals surface area contributed by atoms with Crippen LogP contribution in [0.1, 0.15) is 25.0 Å². The Hall–Kier alpha value is -2.87. The minimum atomic E-state index is -3.64. The molecule has 3 aromatic rings. The van der Waals surface area contributed by atoms with E-state index in [2.05, 4.69) is 0 Å². The van der Waals surface area contributed by atoms with E-state index < -0.39 is 10.0 Å². The van der Waals surface area contributed by atoms with Gasteiger partial charge in [-0.3, -0.25) is 4.79 Å². The third-order valence-electron chi connectivity index (χ3n) is 5.38. The highest BCUT2D eigenvalue weighted by molar-refractivity contribution is 7.89. The van der Waals surface area contributed by atoms with Crippen LogP contribution in [0, 0.1) is 0 Å². The molecular weight excluding hydrogens is 472 g/mol. The van der Waals surface area contributed by atoms with E-state index in [0.717, 1.165) is 11.1 Å². The van der Waals surface area contributed by atoms with Crippen LogP contribution in [0.5, 0.6) is 5.75 Å². The van der Waals surface area contributed by atoms with Crippen molar-refractivity contribution in [1.82, 2.24) is 9.21 Å². The van der Waals surface area contributed by atoms with Gasteiger partial charge in [-0.25, -0.2) is 8.42 Å². The molecule has 34 heavy (non-hydrogen) atoms. The lowest BCUT2D eigenvalue weighted by atomic mass is 10.1. The summed E-state index contributed by atoms with van der Waals surface area (Å²) >= 11 is 6.32. The van der Waals surface area contributed by atoms with Crippen molar-refractivity contribution in [2.45, 2.75) is 31.8 Å². The lowest BCUT2D eigenvalue weighted by Gasteiger charge is -2.23. The molecule has 0 radical (unpaired) electrons. The molecule has 0 N–H and O–H groups in total. The maximum absolute atomic E-state index is 13.1. The molecule has 0 aliphatic heterocycles. The van der Waals surface area contributed by atoms with Crippen LogP contribution in [0.2, 0.25) is 5.02 Å². The van der Waals surface area contributed by atoms with Crippen LogP contribution in [0.15, 0.2) is 83.8 Å². The molecule has 0 heterocycles. The van der Waals surface area contributed by atoms with Gasteiger partial charge in [0.2, 0.25) is 10.0 Å². The van der Waals surface area contributed by atoms with Crippen molar-refractivity contribution < 1.29 is 17.9 Å². The van der Waals surface area contributed by atoms with Gasteiger partial charge in [0.25, 0.3) is 5.91 Å². The second kappa shape index (κ2) is 12.0. The van der Waals surface area contributed by atoms with E-state index in [1.165, 1.54) is 22.5 Å². The SMILES string of the molecule is CCN(CC)S(=O)(=O)c1ccc(OCC(=O)N(Cc2ccccc2)Cc2ccccc2)c(Cl)c1. The van der Waals surface area contributed by atoms with E-state index in [1.54, 1.807) is 18.7 Å². The zero-order chi connectivity index (χ0) is 24.6. The van der Waals surface area contributed by atoms with Crippen LogP contribution in [0.25, 0.3) is 0 Å². The topological polar surface area (TPSA) is 66.9 Å². The van der Waals surface area contributed by atoms with Gasteiger partial charge in [0.05, 0.1) is 9.92 Å². The third-order valence-corrected chi connectivity index (χ3v) is 7.72.